The Balaban J connectivity index is 1.47. The number of carbonyl (C=O) groups excluding carboxylic acids is 3. The van der Waals surface area contributed by atoms with Gasteiger partial charge in [-0.1, -0.05) is 27.2 Å². The quantitative estimate of drug-likeness (QED) is 0.597. The third kappa shape index (κ3) is 5.40. The van der Waals surface area contributed by atoms with E-state index >= 15 is 0 Å². The molecule has 3 fully saturated rings. The number of nitrogens with zero attached hydrogens (tertiary/aromatic N) is 2. The molecule has 0 bridgehead atoms. The van der Waals surface area contributed by atoms with E-state index in [2.05, 4.69) is 36.3 Å². The summed E-state index contributed by atoms with van der Waals surface area (Å²) in [4.78, 5) is 41.4. The Kier molecular flexibility index (Phi) is 7.31. The largest absolute Gasteiger partial charge is 0.373 e. The predicted molar refractivity (Wildman–Crippen MR) is 118 cm³/mol. The zero-order valence-electron chi connectivity index (χ0n) is 19.8. The van der Waals surface area contributed by atoms with E-state index in [9.17, 15) is 14.4 Å². The second-order valence-electron chi connectivity index (χ2n) is 10.4. The molecule has 2 aliphatic heterocycles. The number of carbonyl (C=O) groups is 3. The van der Waals surface area contributed by atoms with Crippen molar-refractivity contribution < 1.29 is 19.1 Å². The summed E-state index contributed by atoms with van der Waals surface area (Å²) in [6.45, 7) is 13.5. The number of hydrogen-bond acceptors (Lipinski definition) is 5. The van der Waals surface area contributed by atoms with Crippen LogP contribution < -0.4 is 10.6 Å². The van der Waals surface area contributed by atoms with Crippen LogP contribution in [0.1, 0.15) is 66.7 Å². The molecule has 8 heteroatoms. The van der Waals surface area contributed by atoms with Gasteiger partial charge in [0.1, 0.15) is 12.1 Å². The molecule has 1 aliphatic carbocycles. The predicted octanol–water partition coefficient (Wildman–Crippen LogP) is 2.13. The van der Waals surface area contributed by atoms with Crippen LogP contribution in [0, 0.1) is 11.3 Å². The molecule has 3 rings (SSSR count). The molecule has 1 saturated carbocycles. The Bertz CT molecular complexity index is 677. The molecule has 2 N–H and O–H groups in total. The molecule has 8 nitrogen and oxygen atoms in total. The molecule has 3 aliphatic rings. The lowest BCUT2D eigenvalue weighted by atomic mass is 9.65. The van der Waals surface area contributed by atoms with Gasteiger partial charge in [0.05, 0.1) is 12.2 Å². The van der Waals surface area contributed by atoms with Crippen LogP contribution in [0.15, 0.2) is 0 Å². The lowest BCUT2D eigenvalue weighted by Crippen LogP contribution is -2.51. The SMILES string of the molecule is CCC(C)(C)C1CCC2(CC1)NC(=O)N(CC(=O)NCCN1CC(C)OC(C)C1)C2=O. The Hall–Kier alpha value is -1.67. The van der Waals surface area contributed by atoms with Crippen molar-refractivity contribution in [2.75, 3.05) is 32.7 Å². The van der Waals surface area contributed by atoms with E-state index in [0.29, 0.717) is 25.3 Å². The monoisotopic (exact) mass is 436 g/mol. The minimum atomic E-state index is -0.822. The van der Waals surface area contributed by atoms with Crippen molar-refractivity contribution in [2.45, 2.75) is 84.5 Å². The van der Waals surface area contributed by atoms with Crippen molar-refractivity contribution in [3.8, 4) is 0 Å². The van der Waals surface area contributed by atoms with Crippen molar-refractivity contribution in [2.24, 2.45) is 11.3 Å². The van der Waals surface area contributed by atoms with E-state index in [1.54, 1.807) is 0 Å². The first-order valence-corrected chi connectivity index (χ1v) is 11.8. The molecule has 2 heterocycles. The number of morpholine rings is 1. The van der Waals surface area contributed by atoms with Gasteiger partial charge in [-0.15, -0.1) is 0 Å². The van der Waals surface area contributed by atoms with Gasteiger partial charge in [-0.2, -0.15) is 0 Å². The summed E-state index contributed by atoms with van der Waals surface area (Å²) in [5, 5.41) is 5.78. The second-order valence-corrected chi connectivity index (χ2v) is 10.4. The lowest BCUT2D eigenvalue weighted by molar-refractivity contribution is -0.136. The van der Waals surface area contributed by atoms with E-state index in [1.165, 1.54) is 0 Å². The normalized spacial score (nSPS) is 32.4. The lowest BCUT2D eigenvalue weighted by Gasteiger charge is -2.42. The Labute approximate surface area is 186 Å². The van der Waals surface area contributed by atoms with Crippen LogP contribution in [0.5, 0.6) is 0 Å². The third-order valence-corrected chi connectivity index (χ3v) is 7.65. The fourth-order valence-corrected chi connectivity index (χ4v) is 5.36. The number of imide groups is 1. The summed E-state index contributed by atoms with van der Waals surface area (Å²) < 4.78 is 5.72. The Morgan fingerprint density at radius 2 is 1.81 bits per heavy atom. The number of nitrogens with one attached hydrogen (secondary N) is 2. The van der Waals surface area contributed by atoms with Crippen LogP contribution in [-0.4, -0.2) is 78.1 Å². The molecule has 0 aromatic heterocycles. The smallest absolute Gasteiger partial charge is 0.325 e. The summed E-state index contributed by atoms with van der Waals surface area (Å²) in [6.07, 6.45) is 4.60. The summed E-state index contributed by atoms with van der Waals surface area (Å²) in [5.74, 6) is 0.0164. The molecular formula is C23H40N4O4. The number of amides is 4. The highest BCUT2D eigenvalue weighted by atomic mass is 16.5. The number of ether oxygens (including phenoxy) is 1. The first-order chi connectivity index (χ1) is 14.6. The fourth-order valence-electron chi connectivity index (χ4n) is 5.36. The molecule has 2 unspecified atom stereocenters. The minimum Gasteiger partial charge on any atom is -0.373 e. The highest BCUT2D eigenvalue weighted by Crippen LogP contribution is 2.45. The van der Waals surface area contributed by atoms with E-state index in [-0.39, 0.29) is 36.0 Å². The van der Waals surface area contributed by atoms with Gasteiger partial charge in [0, 0.05) is 26.2 Å². The van der Waals surface area contributed by atoms with E-state index in [0.717, 1.165) is 43.8 Å². The summed E-state index contributed by atoms with van der Waals surface area (Å²) in [6, 6.07) is -0.441. The molecule has 0 aromatic carbocycles. The van der Waals surface area contributed by atoms with Gasteiger partial charge in [0.25, 0.3) is 5.91 Å². The minimum absolute atomic E-state index is 0.180. The number of urea groups is 1. The van der Waals surface area contributed by atoms with Gasteiger partial charge in [-0.3, -0.25) is 19.4 Å². The van der Waals surface area contributed by atoms with Crippen molar-refractivity contribution >= 4 is 17.8 Å². The Morgan fingerprint density at radius 3 is 2.39 bits per heavy atom. The molecule has 0 radical (unpaired) electrons. The number of hydrogen-bond donors (Lipinski definition) is 2. The van der Waals surface area contributed by atoms with Crippen LogP contribution in [0.25, 0.3) is 0 Å². The van der Waals surface area contributed by atoms with Gasteiger partial charge >= 0.3 is 6.03 Å². The number of rotatable bonds is 7. The van der Waals surface area contributed by atoms with Crippen molar-refractivity contribution in [1.29, 1.82) is 0 Å². The second kappa shape index (κ2) is 9.45. The molecule has 0 aromatic rings. The van der Waals surface area contributed by atoms with Gasteiger partial charge in [0.15, 0.2) is 0 Å². The van der Waals surface area contributed by atoms with Gasteiger partial charge in [-0.05, 0) is 50.9 Å². The van der Waals surface area contributed by atoms with E-state index in [4.69, 9.17) is 4.74 Å². The van der Waals surface area contributed by atoms with Crippen LogP contribution >= 0.6 is 0 Å². The molecular weight excluding hydrogens is 396 g/mol. The maximum Gasteiger partial charge on any atom is 0.325 e. The maximum atomic E-state index is 13.1. The zero-order valence-corrected chi connectivity index (χ0v) is 19.8. The van der Waals surface area contributed by atoms with Gasteiger partial charge in [-0.25, -0.2) is 4.79 Å². The summed E-state index contributed by atoms with van der Waals surface area (Å²) in [7, 11) is 0. The van der Waals surface area contributed by atoms with Crippen LogP contribution in [0.3, 0.4) is 0 Å². The van der Waals surface area contributed by atoms with Crippen molar-refractivity contribution in [3.63, 3.8) is 0 Å². The molecule has 2 atom stereocenters. The average Bonchev–Trinajstić information content (AvgIpc) is 2.91. The van der Waals surface area contributed by atoms with E-state index in [1.807, 2.05) is 13.8 Å². The summed E-state index contributed by atoms with van der Waals surface area (Å²) >= 11 is 0. The van der Waals surface area contributed by atoms with Gasteiger partial charge < -0.3 is 15.4 Å². The zero-order chi connectivity index (χ0) is 22.8. The topological polar surface area (TPSA) is 91.0 Å². The molecule has 4 amide bonds. The highest BCUT2D eigenvalue weighted by Gasteiger charge is 2.53. The average molecular weight is 437 g/mol. The Morgan fingerprint density at radius 1 is 1.19 bits per heavy atom. The molecule has 176 valence electrons. The van der Waals surface area contributed by atoms with E-state index < -0.39 is 11.6 Å². The first-order valence-electron chi connectivity index (χ1n) is 11.8. The third-order valence-electron chi connectivity index (χ3n) is 7.65. The standard InChI is InChI=1S/C23H40N4O4/c1-6-22(4,5)18-7-9-23(10-8-18)20(29)27(21(30)25-23)15-19(28)24-11-12-26-13-16(2)31-17(3)14-26/h16-18H,6-15H2,1-5H3,(H,24,28)(H,25,30). The maximum absolute atomic E-state index is 13.1. The molecule has 2 saturated heterocycles. The van der Waals surface area contributed by atoms with Crippen molar-refractivity contribution in [3.05, 3.63) is 0 Å². The highest BCUT2D eigenvalue weighted by molar-refractivity contribution is 6.09. The molecule has 1 spiro atoms. The van der Waals surface area contributed by atoms with Crippen LogP contribution in [0.2, 0.25) is 0 Å². The van der Waals surface area contributed by atoms with Crippen molar-refractivity contribution in [1.82, 2.24) is 20.4 Å². The van der Waals surface area contributed by atoms with Crippen LogP contribution in [0.4, 0.5) is 4.79 Å². The van der Waals surface area contributed by atoms with Crippen LogP contribution in [-0.2, 0) is 14.3 Å². The van der Waals surface area contributed by atoms with Gasteiger partial charge in [0.2, 0.25) is 5.91 Å². The first kappa shape index (κ1) is 24.0. The molecule has 31 heavy (non-hydrogen) atoms. The fraction of sp³-hybridized carbons (Fsp3) is 0.870. The summed E-state index contributed by atoms with van der Waals surface area (Å²) in [5.41, 5.74) is -0.583.